The van der Waals surface area contributed by atoms with Gasteiger partial charge in [0.05, 0.1) is 24.5 Å². The number of amides is 1. The van der Waals surface area contributed by atoms with Crippen molar-refractivity contribution in [1.82, 2.24) is 5.32 Å². The molecule has 5 nitrogen and oxygen atoms in total. The van der Waals surface area contributed by atoms with Crippen molar-refractivity contribution in [3.05, 3.63) is 114 Å². The van der Waals surface area contributed by atoms with Crippen molar-refractivity contribution >= 4 is 21.6 Å². The van der Waals surface area contributed by atoms with Gasteiger partial charge in [-0.1, -0.05) is 66.2 Å². The van der Waals surface area contributed by atoms with Crippen molar-refractivity contribution in [2.24, 2.45) is 0 Å². The zero-order valence-electron chi connectivity index (χ0n) is 17.7. The van der Waals surface area contributed by atoms with Crippen LogP contribution in [-0.2, 0) is 10.0 Å². The summed E-state index contributed by atoms with van der Waals surface area (Å²) in [5, 5.41) is 3.10. The fourth-order valence-electron chi connectivity index (χ4n) is 3.31. The largest absolute Gasteiger partial charge is 0.341 e. The highest BCUT2D eigenvalue weighted by molar-refractivity contribution is 7.92. The lowest BCUT2D eigenvalue weighted by molar-refractivity contribution is 0.0943. The number of hydrogen-bond acceptors (Lipinski definition) is 3. The van der Waals surface area contributed by atoms with E-state index < -0.39 is 10.0 Å². The minimum Gasteiger partial charge on any atom is -0.341 e. The third-order valence-corrected chi connectivity index (χ3v) is 6.09. The Morgan fingerprint density at radius 2 is 1.55 bits per heavy atom. The molecular weight excluding hydrogens is 408 g/mol. The topological polar surface area (TPSA) is 66.5 Å². The number of anilines is 1. The summed E-state index contributed by atoms with van der Waals surface area (Å²) in [6.07, 6.45) is 2.66. The molecule has 0 spiro atoms. The number of nitrogens with zero attached hydrogens (tertiary/aromatic N) is 1. The zero-order chi connectivity index (χ0) is 22.4. The van der Waals surface area contributed by atoms with Gasteiger partial charge < -0.3 is 5.32 Å². The maximum Gasteiger partial charge on any atom is 0.252 e. The standard InChI is InChI=1S/C25H26N2O3S/c1-4-18-27(31(3,29)30)23-16-14-22(15-17-23)25(28)26-24(20-8-6-5-7-9-20)21-12-10-19(2)11-13-21/h4-17,24H,1,18H2,2-3H3,(H,26,28)/t24-/m0/s1. The molecule has 3 rings (SSSR count). The van der Waals surface area contributed by atoms with Gasteiger partial charge in [-0.15, -0.1) is 6.58 Å². The summed E-state index contributed by atoms with van der Waals surface area (Å²) in [5.74, 6) is -0.240. The Morgan fingerprint density at radius 1 is 0.968 bits per heavy atom. The molecule has 160 valence electrons. The van der Waals surface area contributed by atoms with E-state index in [1.54, 1.807) is 24.3 Å². The molecule has 3 aromatic rings. The molecule has 1 N–H and O–H groups in total. The Hall–Kier alpha value is -3.38. The predicted octanol–water partition coefficient (Wildman–Crippen LogP) is 4.47. The van der Waals surface area contributed by atoms with E-state index in [0.29, 0.717) is 11.3 Å². The van der Waals surface area contributed by atoms with Crippen LogP contribution in [0.15, 0.2) is 91.5 Å². The predicted molar refractivity (Wildman–Crippen MR) is 126 cm³/mol. The van der Waals surface area contributed by atoms with Gasteiger partial charge in [0.1, 0.15) is 0 Å². The van der Waals surface area contributed by atoms with E-state index in [1.807, 2.05) is 61.5 Å². The molecule has 0 unspecified atom stereocenters. The van der Waals surface area contributed by atoms with Crippen LogP contribution in [0.3, 0.4) is 0 Å². The molecule has 3 aromatic carbocycles. The smallest absolute Gasteiger partial charge is 0.252 e. The molecule has 31 heavy (non-hydrogen) atoms. The number of rotatable bonds is 8. The molecule has 1 atom stereocenters. The van der Waals surface area contributed by atoms with Crippen LogP contribution in [0.25, 0.3) is 0 Å². The van der Waals surface area contributed by atoms with Crippen LogP contribution in [0, 0.1) is 6.92 Å². The first kappa shape index (κ1) is 22.3. The highest BCUT2D eigenvalue weighted by Crippen LogP contribution is 2.24. The number of carbonyl (C=O) groups is 1. The lowest BCUT2D eigenvalue weighted by Gasteiger charge is -2.22. The van der Waals surface area contributed by atoms with Crippen LogP contribution >= 0.6 is 0 Å². The second-order valence-corrected chi connectivity index (χ2v) is 9.26. The second-order valence-electron chi connectivity index (χ2n) is 7.36. The number of carbonyl (C=O) groups excluding carboxylic acids is 1. The molecule has 6 heteroatoms. The Kier molecular flexibility index (Phi) is 6.92. The molecule has 0 aliphatic rings. The average Bonchev–Trinajstić information content (AvgIpc) is 2.76. The lowest BCUT2D eigenvalue weighted by Crippen LogP contribution is -2.30. The van der Waals surface area contributed by atoms with Crippen molar-refractivity contribution in [2.45, 2.75) is 13.0 Å². The number of sulfonamides is 1. The Balaban J connectivity index is 1.86. The van der Waals surface area contributed by atoms with Gasteiger partial charge >= 0.3 is 0 Å². The highest BCUT2D eigenvalue weighted by Gasteiger charge is 2.19. The molecule has 0 saturated carbocycles. The summed E-state index contributed by atoms with van der Waals surface area (Å²) in [6.45, 7) is 5.79. The molecule has 0 aliphatic heterocycles. The number of hydrogen-bond donors (Lipinski definition) is 1. The zero-order valence-corrected chi connectivity index (χ0v) is 18.5. The third-order valence-electron chi connectivity index (χ3n) is 4.93. The third kappa shape index (κ3) is 5.61. The van der Waals surface area contributed by atoms with Gasteiger partial charge in [-0.05, 0) is 42.3 Å². The SMILES string of the molecule is C=CCN(c1ccc(C(=O)N[C@@H](c2ccccc2)c2ccc(C)cc2)cc1)S(C)(=O)=O. The van der Waals surface area contributed by atoms with Gasteiger partial charge in [-0.3, -0.25) is 9.10 Å². The molecule has 0 heterocycles. The van der Waals surface area contributed by atoms with Gasteiger partial charge in [-0.25, -0.2) is 8.42 Å². The number of aryl methyl sites for hydroxylation is 1. The van der Waals surface area contributed by atoms with Crippen molar-refractivity contribution in [3.63, 3.8) is 0 Å². The van der Waals surface area contributed by atoms with Crippen molar-refractivity contribution < 1.29 is 13.2 Å². The summed E-state index contributed by atoms with van der Waals surface area (Å²) >= 11 is 0. The lowest BCUT2D eigenvalue weighted by atomic mass is 9.97. The molecule has 0 saturated heterocycles. The van der Waals surface area contributed by atoms with Crippen LogP contribution in [0.2, 0.25) is 0 Å². The van der Waals surface area contributed by atoms with Crippen LogP contribution in [0.5, 0.6) is 0 Å². The van der Waals surface area contributed by atoms with E-state index in [1.165, 1.54) is 10.4 Å². The fraction of sp³-hybridized carbons (Fsp3) is 0.160. The van der Waals surface area contributed by atoms with E-state index in [-0.39, 0.29) is 18.5 Å². The van der Waals surface area contributed by atoms with Crippen LogP contribution in [0.1, 0.15) is 33.1 Å². The molecule has 0 aromatic heterocycles. The summed E-state index contributed by atoms with van der Waals surface area (Å²) < 4.78 is 25.3. The quantitative estimate of drug-likeness (QED) is 0.532. The molecule has 0 radical (unpaired) electrons. The van der Waals surface area contributed by atoms with Gasteiger partial charge in [0.25, 0.3) is 5.91 Å². The summed E-state index contributed by atoms with van der Waals surface area (Å²) in [6, 6.07) is 24.0. The number of nitrogens with one attached hydrogen (secondary N) is 1. The van der Waals surface area contributed by atoms with E-state index in [0.717, 1.165) is 22.9 Å². The Morgan fingerprint density at radius 3 is 2.10 bits per heavy atom. The minimum absolute atomic E-state index is 0.161. The van der Waals surface area contributed by atoms with E-state index >= 15 is 0 Å². The Labute approximate surface area is 184 Å². The average molecular weight is 435 g/mol. The highest BCUT2D eigenvalue weighted by atomic mass is 32.2. The Bertz CT molecular complexity index is 1140. The summed E-state index contributed by atoms with van der Waals surface area (Å²) in [7, 11) is -3.45. The normalized spacial score (nSPS) is 12.1. The molecular formula is C25H26N2O3S. The summed E-state index contributed by atoms with van der Waals surface area (Å²) in [4.78, 5) is 13.0. The fourth-order valence-corrected chi connectivity index (χ4v) is 4.19. The van der Waals surface area contributed by atoms with E-state index in [9.17, 15) is 13.2 Å². The maximum atomic E-state index is 13.0. The van der Waals surface area contributed by atoms with E-state index in [2.05, 4.69) is 11.9 Å². The van der Waals surface area contributed by atoms with Crippen LogP contribution < -0.4 is 9.62 Å². The van der Waals surface area contributed by atoms with Gasteiger partial charge in [0.2, 0.25) is 10.0 Å². The van der Waals surface area contributed by atoms with Crippen molar-refractivity contribution in [1.29, 1.82) is 0 Å². The molecule has 0 fully saturated rings. The van der Waals surface area contributed by atoms with E-state index in [4.69, 9.17) is 0 Å². The minimum atomic E-state index is -3.45. The molecule has 1 amide bonds. The van der Waals surface area contributed by atoms with Gasteiger partial charge in [-0.2, -0.15) is 0 Å². The second kappa shape index (κ2) is 9.62. The first-order valence-electron chi connectivity index (χ1n) is 9.90. The maximum absolute atomic E-state index is 13.0. The monoisotopic (exact) mass is 434 g/mol. The van der Waals surface area contributed by atoms with Crippen molar-refractivity contribution in [2.75, 3.05) is 17.1 Å². The van der Waals surface area contributed by atoms with Crippen molar-refractivity contribution in [3.8, 4) is 0 Å². The van der Waals surface area contributed by atoms with Crippen LogP contribution in [0.4, 0.5) is 5.69 Å². The first-order valence-corrected chi connectivity index (χ1v) is 11.8. The first-order chi connectivity index (χ1) is 14.8. The molecule has 0 aliphatic carbocycles. The molecule has 0 bridgehead atoms. The number of benzene rings is 3. The van der Waals surface area contributed by atoms with Crippen LogP contribution in [-0.4, -0.2) is 27.1 Å². The summed E-state index contributed by atoms with van der Waals surface area (Å²) in [5.41, 5.74) is 4.04. The van der Waals surface area contributed by atoms with Gasteiger partial charge in [0, 0.05) is 5.56 Å². The van der Waals surface area contributed by atoms with Gasteiger partial charge in [0.15, 0.2) is 0 Å².